The molecule has 0 unspecified atom stereocenters. The summed E-state index contributed by atoms with van der Waals surface area (Å²) in [5.74, 6) is 1.82. The summed E-state index contributed by atoms with van der Waals surface area (Å²) >= 11 is 0. The van der Waals surface area contributed by atoms with E-state index in [2.05, 4.69) is 34.0 Å². The highest BCUT2D eigenvalue weighted by Gasteiger charge is 2.42. The van der Waals surface area contributed by atoms with Crippen LogP contribution >= 0.6 is 0 Å². The average Bonchev–Trinajstić information content (AvgIpc) is 3.39. The van der Waals surface area contributed by atoms with Gasteiger partial charge in [-0.05, 0) is 44.7 Å². The molecule has 2 aliphatic heterocycles. The molecule has 38 heavy (non-hydrogen) atoms. The third-order valence-corrected chi connectivity index (χ3v) is 7.75. The molecule has 1 saturated heterocycles. The van der Waals surface area contributed by atoms with E-state index in [1.807, 2.05) is 30.2 Å². The number of ether oxygens (including phenoxy) is 1. The Balaban J connectivity index is 1.37. The van der Waals surface area contributed by atoms with E-state index in [9.17, 15) is 14.4 Å². The van der Waals surface area contributed by atoms with Crippen LogP contribution in [-0.2, 0) is 16.1 Å². The Morgan fingerprint density at radius 1 is 1.16 bits per heavy atom. The number of hydrogen-bond donors (Lipinski definition) is 2. The van der Waals surface area contributed by atoms with Crippen molar-refractivity contribution >= 4 is 17.7 Å². The molecular weight excluding hydrogens is 482 g/mol. The van der Waals surface area contributed by atoms with Crippen LogP contribution in [0.2, 0.25) is 0 Å². The Morgan fingerprint density at radius 2 is 1.92 bits per heavy atom. The molecule has 1 aromatic carbocycles. The number of rotatable bonds is 4. The van der Waals surface area contributed by atoms with Crippen LogP contribution in [0.1, 0.15) is 81.4 Å². The topological polar surface area (TPSA) is 106 Å². The molecule has 9 heteroatoms. The third-order valence-electron chi connectivity index (χ3n) is 7.75. The zero-order valence-corrected chi connectivity index (χ0v) is 22.9. The van der Waals surface area contributed by atoms with Gasteiger partial charge in [-0.25, -0.2) is 4.98 Å². The number of piperidine rings is 1. The summed E-state index contributed by atoms with van der Waals surface area (Å²) in [4.78, 5) is 45.6. The van der Waals surface area contributed by atoms with E-state index in [0.29, 0.717) is 62.7 Å². The SMILES string of the molecule is CC(C)c1nccn1CCC(=O)N1CCC2(CCCCNC(=O)c3ccccc3OC[C@@H](C)NC2=O)CC1. The lowest BCUT2D eigenvalue weighted by molar-refractivity contribution is -0.141. The Hall–Kier alpha value is -3.36. The summed E-state index contributed by atoms with van der Waals surface area (Å²) in [6.07, 6.45) is 7.74. The highest BCUT2D eigenvalue weighted by molar-refractivity contribution is 5.96. The summed E-state index contributed by atoms with van der Waals surface area (Å²) in [5.41, 5.74) is -0.0169. The second-order valence-corrected chi connectivity index (χ2v) is 10.9. The predicted molar refractivity (Wildman–Crippen MR) is 145 cm³/mol. The summed E-state index contributed by atoms with van der Waals surface area (Å²) in [6, 6.07) is 6.96. The Labute approximate surface area is 225 Å². The van der Waals surface area contributed by atoms with Crippen molar-refractivity contribution in [3.63, 3.8) is 0 Å². The fraction of sp³-hybridized carbons (Fsp3) is 0.586. The second kappa shape index (κ2) is 12.5. The van der Waals surface area contributed by atoms with Crippen LogP contribution in [-0.4, -0.2) is 64.5 Å². The smallest absolute Gasteiger partial charge is 0.255 e. The van der Waals surface area contributed by atoms with Crippen LogP contribution in [0.5, 0.6) is 5.75 Å². The molecule has 0 aliphatic carbocycles. The first kappa shape index (κ1) is 27.7. The molecule has 1 aromatic heterocycles. The van der Waals surface area contributed by atoms with E-state index < -0.39 is 5.41 Å². The van der Waals surface area contributed by atoms with Crippen LogP contribution < -0.4 is 15.4 Å². The van der Waals surface area contributed by atoms with Gasteiger partial charge in [-0.3, -0.25) is 14.4 Å². The fourth-order valence-electron chi connectivity index (χ4n) is 5.46. The zero-order valence-electron chi connectivity index (χ0n) is 22.9. The number of hydrogen-bond acceptors (Lipinski definition) is 5. The van der Waals surface area contributed by atoms with Crippen molar-refractivity contribution in [2.45, 2.75) is 77.8 Å². The number of imidazole rings is 1. The summed E-state index contributed by atoms with van der Waals surface area (Å²) in [7, 11) is 0. The lowest BCUT2D eigenvalue weighted by Crippen LogP contribution is -2.52. The van der Waals surface area contributed by atoms with Crippen molar-refractivity contribution in [2.75, 3.05) is 26.2 Å². The molecule has 0 saturated carbocycles. The quantitative estimate of drug-likeness (QED) is 0.638. The van der Waals surface area contributed by atoms with Crippen LogP contribution in [0, 0.1) is 5.41 Å². The molecule has 1 fully saturated rings. The average molecular weight is 524 g/mol. The van der Waals surface area contributed by atoms with Gasteiger partial charge in [0.2, 0.25) is 11.8 Å². The van der Waals surface area contributed by atoms with E-state index in [1.165, 1.54) is 0 Å². The molecule has 1 spiro atoms. The van der Waals surface area contributed by atoms with Gasteiger partial charge >= 0.3 is 0 Å². The molecule has 206 valence electrons. The predicted octanol–water partition coefficient (Wildman–Crippen LogP) is 3.50. The number of aryl methyl sites for hydroxylation is 1. The van der Waals surface area contributed by atoms with Crippen LogP contribution in [0.15, 0.2) is 36.7 Å². The molecule has 2 aromatic rings. The highest BCUT2D eigenvalue weighted by Crippen LogP contribution is 2.37. The molecule has 9 nitrogen and oxygen atoms in total. The van der Waals surface area contributed by atoms with Crippen LogP contribution in [0.3, 0.4) is 0 Å². The van der Waals surface area contributed by atoms with Gasteiger partial charge in [0.1, 0.15) is 18.2 Å². The molecule has 4 rings (SSSR count). The Kier molecular flexibility index (Phi) is 9.07. The largest absolute Gasteiger partial charge is 0.491 e. The van der Waals surface area contributed by atoms with Crippen LogP contribution in [0.4, 0.5) is 0 Å². The van der Waals surface area contributed by atoms with Crippen LogP contribution in [0.25, 0.3) is 0 Å². The Bertz CT molecular complexity index is 1120. The van der Waals surface area contributed by atoms with Crippen molar-refractivity contribution in [2.24, 2.45) is 5.41 Å². The first-order chi connectivity index (χ1) is 18.3. The highest BCUT2D eigenvalue weighted by atomic mass is 16.5. The van der Waals surface area contributed by atoms with Gasteiger partial charge in [0.15, 0.2) is 0 Å². The number of carbonyl (C=O) groups excluding carboxylic acids is 3. The van der Waals surface area contributed by atoms with E-state index in [1.54, 1.807) is 18.3 Å². The van der Waals surface area contributed by atoms with Gasteiger partial charge in [-0.2, -0.15) is 0 Å². The molecule has 3 amide bonds. The van der Waals surface area contributed by atoms with Gasteiger partial charge in [-0.15, -0.1) is 0 Å². The van der Waals surface area contributed by atoms with E-state index in [-0.39, 0.29) is 30.4 Å². The lowest BCUT2D eigenvalue weighted by atomic mass is 9.73. The van der Waals surface area contributed by atoms with E-state index >= 15 is 0 Å². The van der Waals surface area contributed by atoms with Gasteiger partial charge < -0.3 is 24.8 Å². The molecule has 2 aliphatic rings. The van der Waals surface area contributed by atoms with E-state index in [4.69, 9.17) is 4.74 Å². The number of likely N-dealkylation sites (tertiary alicyclic amines) is 1. The van der Waals surface area contributed by atoms with Gasteiger partial charge in [-0.1, -0.05) is 32.4 Å². The standard InChI is InChI=1S/C29H41N5O4/c1-21(2)26-30-15-19-34(26)16-10-25(35)33-17-12-29(13-18-33)11-6-7-14-31-27(36)23-8-4-5-9-24(23)38-20-22(3)32-28(29)37/h4-5,8-9,15,19,21-22H,6-7,10-14,16-18,20H2,1-3H3,(H,31,36)(H,32,37)/t22-/m1/s1. The minimum absolute atomic E-state index is 0.0371. The maximum atomic E-state index is 13.6. The van der Waals surface area contributed by atoms with Crippen molar-refractivity contribution in [3.05, 3.63) is 48.0 Å². The minimum Gasteiger partial charge on any atom is -0.491 e. The summed E-state index contributed by atoms with van der Waals surface area (Å²) < 4.78 is 7.99. The lowest BCUT2D eigenvalue weighted by Gasteiger charge is -2.41. The number of nitrogens with one attached hydrogen (secondary N) is 2. The summed E-state index contributed by atoms with van der Waals surface area (Å²) in [5, 5.41) is 6.15. The normalized spacial score (nSPS) is 20.7. The van der Waals surface area contributed by atoms with Gasteiger partial charge in [0.05, 0.1) is 17.0 Å². The minimum atomic E-state index is -0.522. The number of benzene rings is 1. The van der Waals surface area contributed by atoms with Crippen molar-refractivity contribution in [1.82, 2.24) is 25.1 Å². The molecular formula is C29H41N5O4. The first-order valence-electron chi connectivity index (χ1n) is 13.9. The number of carbonyl (C=O) groups is 3. The van der Waals surface area contributed by atoms with Gasteiger partial charge in [0, 0.05) is 50.9 Å². The number of fused-ring (bicyclic) bond motifs is 1. The van der Waals surface area contributed by atoms with Crippen molar-refractivity contribution < 1.29 is 19.1 Å². The monoisotopic (exact) mass is 523 g/mol. The first-order valence-corrected chi connectivity index (χ1v) is 13.9. The van der Waals surface area contributed by atoms with Crippen molar-refractivity contribution in [3.8, 4) is 5.75 Å². The molecule has 1 atom stereocenters. The molecule has 2 N–H and O–H groups in total. The molecule has 3 heterocycles. The maximum Gasteiger partial charge on any atom is 0.255 e. The fourth-order valence-corrected chi connectivity index (χ4v) is 5.46. The molecule has 0 radical (unpaired) electrons. The maximum absolute atomic E-state index is 13.6. The second-order valence-electron chi connectivity index (χ2n) is 10.9. The van der Waals surface area contributed by atoms with Crippen molar-refractivity contribution in [1.29, 1.82) is 0 Å². The number of amides is 3. The zero-order chi connectivity index (χ0) is 27.1. The summed E-state index contributed by atoms with van der Waals surface area (Å²) in [6.45, 7) is 8.68. The molecule has 0 bridgehead atoms. The Morgan fingerprint density at radius 3 is 2.68 bits per heavy atom. The third kappa shape index (κ3) is 6.55. The number of para-hydroxylation sites is 1. The van der Waals surface area contributed by atoms with E-state index in [0.717, 1.165) is 25.1 Å². The van der Waals surface area contributed by atoms with Gasteiger partial charge in [0.25, 0.3) is 5.91 Å². The number of nitrogens with zero attached hydrogens (tertiary/aromatic N) is 3. The number of aromatic nitrogens is 2.